The molecule has 0 spiro atoms. The Morgan fingerprint density at radius 1 is 0.900 bits per heavy atom. The molecular weight excluding hydrogens is 316 g/mol. The average molecular weight is 335 g/mol. The van der Waals surface area contributed by atoms with Gasteiger partial charge in [-0.25, -0.2) is 0 Å². The molecule has 0 aromatic heterocycles. The first-order valence-corrected chi connectivity index (χ1v) is 8.66. The highest BCUT2D eigenvalue weighted by Gasteiger charge is 2.49. The lowest BCUT2D eigenvalue weighted by Crippen LogP contribution is -2.43. The minimum atomic E-state index is 0.381. The van der Waals surface area contributed by atoms with Crippen molar-refractivity contribution in [1.29, 1.82) is 0 Å². The molecule has 4 fully saturated rings. The molecule has 4 bridgehead atoms. The quantitative estimate of drug-likeness (QED) is 0.739. The van der Waals surface area contributed by atoms with E-state index in [4.69, 9.17) is 9.47 Å². The molecule has 6 rings (SSSR count). The average Bonchev–Trinajstić information content (AvgIpc) is 2.85. The third-order valence-electron chi connectivity index (χ3n) is 6.05. The summed E-state index contributed by atoms with van der Waals surface area (Å²) in [6, 6.07) is 4.34. The molecule has 0 saturated heterocycles. The Morgan fingerprint density at radius 3 is 2.30 bits per heavy atom. The van der Waals surface area contributed by atoms with Gasteiger partial charge in [-0.15, -0.1) is 0 Å². The van der Waals surface area contributed by atoms with E-state index >= 15 is 0 Å². The zero-order valence-electron chi connectivity index (χ0n) is 11.5. The fraction of sp³-hybridized carbons (Fsp3) is 0.647. The van der Waals surface area contributed by atoms with Crippen LogP contribution in [0.1, 0.15) is 43.6 Å². The van der Waals surface area contributed by atoms with Crippen LogP contribution in [0.2, 0.25) is 0 Å². The molecule has 1 heterocycles. The van der Waals surface area contributed by atoms with Crippen LogP contribution in [-0.2, 0) is 0 Å². The molecule has 4 aliphatic carbocycles. The maximum absolute atomic E-state index is 5.80. The van der Waals surface area contributed by atoms with E-state index in [0.717, 1.165) is 39.6 Å². The molecule has 0 amide bonds. The largest absolute Gasteiger partial charge is 0.454 e. The van der Waals surface area contributed by atoms with Gasteiger partial charge in [0.15, 0.2) is 11.5 Å². The van der Waals surface area contributed by atoms with Crippen LogP contribution in [0.4, 0.5) is 0 Å². The first kappa shape index (κ1) is 11.9. The van der Waals surface area contributed by atoms with E-state index in [-0.39, 0.29) is 0 Å². The summed E-state index contributed by atoms with van der Waals surface area (Å²) in [5.41, 5.74) is 1.42. The van der Waals surface area contributed by atoms with Gasteiger partial charge in [-0.2, -0.15) is 0 Å². The van der Waals surface area contributed by atoms with Gasteiger partial charge in [0.05, 0.1) is 0 Å². The molecular formula is C17H19BrO2. The van der Waals surface area contributed by atoms with Gasteiger partial charge in [0.1, 0.15) is 0 Å². The second kappa shape index (κ2) is 4.16. The smallest absolute Gasteiger partial charge is 0.231 e. The summed E-state index contributed by atoms with van der Waals surface area (Å²) in [4.78, 5) is 0. The number of benzene rings is 1. The van der Waals surface area contributed by atoms with E-state index in [2.05, 4.69) is 22.0 Å². The van der Waals surface area contributed by atoms with Crippen molar-refractivity contribution in [3.8, 4) is 11.5 Å². The maximum Gasteiger partial charge on any atom is 0.231 e. The first-order valence-electron chi connectivity index (χ1n) is 7.87. The van der Waals surface area contributed by atoms with Crippen LogP contribution in [0.3, 0.4) is 0 Å². The fourth-order valence-electron chi connectivity index (χ4n) is 5.68. The minimum Gasteiger partial charge on any atom is -0.454 e. The van der Waals surface area contributed by atoms with E-state index in [9.17, 15) is 0 Å². The molecule has 0 radical (unpaired) electrons. The van der Waals surface area contributed by atoms with Gasteiger partial charge in [0.25, 0.3) is 0 Å². The summed E-state index contributed by atoms with van der Waals surface area (Å²) >= 11 is 3.65. The van der Waals surface area contributed by atoms with Crippen LogP contribution in [0.5, 0.6) is 11.5 Å². The lowest BCUT2D eigenvalue weighted by Gasteiger charge is -2.54. The Labute approximate surface area is 128 Å². The Hall–Kier alpha value is -0.700. The van der Waals surface area contributed by atoms with Crippen molar-refractivity contribution in [2.24, 2.45) is 23.7 Å². The summed E-state index contributed by atoms with van der Waals surface area (Å²) in [6.45, 7) is 0.381. The van der Waals surface area contributed by atoms with E-state index < -0.39 is 0 Å². The third kappa shape index (κ3) is 1.62. The van der Waals surface area contributed by atoms with Crippen LogP contribution in [0.25, 0.3) is 0 Å². The second-order valence-corrected chi connectivity index (χ2v) is 8.10. The lowest BCUT2D eigenvalue weighted by molar-refractivity contribution is -0.00359. The number of hydrogen-bond donors (Lipinski definition) is 0. The number of fused-ring (bicyclic) bond motifs is 1. The van der Waals surface area contributed by atoms with Crippen molar-refractivity contribution >= 4 is 15.9 Å². The monoisotopic (exact) mass is 334 g/mol. The zero-order valence-corrected chi connectivity index (χ0v) is 13.1. The van der Waals surface area contributed by atoms with Crippen LogP contribution in [-0.4, -0.2) is 6.79 Å². The fourth-order valence-corrected chi connectivity index (χ4v) is 6.14. The molecule has 5 aliphatic rings. The Bertz CT molecular complexity index is 540. The van der Waals surface area contributed by atoms with Gasteiger partial charge >= 0.3 is 0 Å². The molecule has 1 aliphatic heterocycles. The number of hydrogen-bond acceptors (Lipinski definition) is 2. The highest BCUT2D eigenvalue weighted by Crippen LogP contribution is 2.61. The van der Waals surface area contributed by atoms with Crippen molar-refractivity contribution in [3.05, 3.63) is 22.2 Å². The van der Waals surface area contributed by atoms with Crippen molar-refractivity contribution in [3.63, 3.8) is 0 Å². The Morgan fingerprint density at radius 2 is 1.60 bits per heavy atom. The highest BCUT2D eigenvalue weighted by atomic mass is 79.9. The molecule has 106 valence electrons. The molecule has 20 heavy (non-hydrogen) atoms. The van der Waals surface area contributed by atoms with Crippen molar-refractivity contribution < 1.29 is 9.47 Å². The minimum absolute atomic E-state index is 0.381. The van der Waals surface area contributed by atoms with Crippen LogP contribution in [0.15, 0.2) is 16.6 Å². The molecule has 0 N–H and O–H groups in total. The number of rotatable bonds is 1. The Kier molecular flexibility index (Phi) is 2.47. The van der Waals surface area contributed by atoms with Gasteiger partial charge in [0.2, 0.25) is 6.79 Å². The number of ether oxygens (including phenoxy) is 2. The van der Waals surface area contributed by atoms with Gasteiger partial charge < -0.3 is 9.47 Å². The topological polar surface area (TPSA) is 18.5 Å². The number of halogens is 1. The summed E-state index contributed by atoms with van der Waals surface area (Å²) in [5.74, 6) is 6.48. The lowest BCUT2D eigenvalue weighted by atomic mass is 9.50. The summed E-state index contributed by atoms with van der Waals surface area (Å²) < 4.78 is 12.5. The molecule has 2 nitrogen and oxygen atoms in total. The molecule has 4 saturated carbocycles. The standard InChI is InChI=1S/C17H19BrO2/c18-13-6-14(17-15(7-13)19-8-20-17)16-11-2-9-1-10(4-11)5-12(16)3-9/h6-7,9-12,16H,1-5,8H2. The van der Waals surface area contributed by atoms with E-state index in [1.54, 1.807) is 0 Å². The molecule has 3 heteroatoms. The second-order valence-electron chi connectivity index (χ2n) is 7.19. The molecule has 1 aromatic rings. The molecule has 0 unspecified atom stereocenters. The predicted molar refractivity (Wildman–Crippen MR) is 80.1 cm³/mol. The third-order valence-corrected chi connectivity index (χ3v) is 6.51. The van der Waals surface area contributed by atoms with Gasteiger partial charge in [-0.05, 0) is 73.8 Å². The summed E-state index contributed by atoms with van der Waals surface area (Å²) in [6.07, 6.45) is 7.29. The first-order chi connectivity index (χ1) is 9.78. The summed E-state index contributed by atoms with van der Waals surface area (Å²) in [5, 5.41) is 0. The van der Waals surface area contributed by atoms with Gasteiger partial charge in [0, 0.05) is 10.0 Å². The predicted octanol–water partition coefficient (Wildman–Crippen LogP) is 4.72. The molecule has 1 aromatic carbocycles. The maximum atomic E-state index is 5.80. The van der Waals surface area contributed by atoms with E-state index in [1.165, 1.54) is 37.7 Å². The van der Waals surface area contributed by atoms with Crippen molar-refractivity contribution in [2.45, 2.75) is 38.0 Å². The van der Waals surface area contributed by atoms with Crippen molar-refractivity contribution in [1.82, 2.24) is 0 Å². The molecule has 0 atom stereocenters. The van der Waals surface area contributed by atoms with E-state index in [1.807, 2.05) is 6.07 Å². The van der Waals surface area contributed by atoms with Crippen molar-refractivity contribution in [2.75, 3.05) is 6.79 Å². The van der Waals surface area contributed by atoms with Gasteiger partial charge in [-0.3, -0.25) is 0 Å². The van der Waals surface area contributed by atoms with Crippen LogP contribution >= 0.6 is 15.9 Å². The normalized spacial score (nSPS) is 40.4. The SMILES string of the molecule is Brc1cc2c(c(C3C4CC5CC(C4)CC3C5)c1)OCO2. The van der Waals surface area contributed by atoms with Gasteiger partial charge in [-0.1, -0.05) is 15.9 Å². The highest BCUT2D eigenvalue weighted by molar-refractivity contribution is 9.10. The van der Waals surface area contributed by atoms with Crippen LogP contribution < -0.4 is 9.47 Å². The van der Waals surface area contributed by atoms with Crippen LogP contribution in [0, 0.1) is 23.7 Å². The van der Waals surface area contributed by atoms with E-state index in [0.29, 0.717) is 12.7 Å². The zero-order chi connectivity index (χ0) is 13.3. The summed E-state index contributed by atoms with van der Waals surface area (Å²) in [7, 11) is 0. The Balaban J connectivity index is 1.60.